The highest BCUT2D eigenvalue weighted by Crippen LogP contribution is 2.26. The minimum Gasteiger partial charge on any atom is -0.481 e. The van der Waals surface area contributed by atoms with E-state index >= 15 is 0 Å². The second-order valence-corrected chi connectivity index (χ2v) is 4.32. The standard InChI is InChI=1S/C14H23NO2/c1-3-4-5-6-7-10-13(16)12-9-8-11-15-14(12)17-2/h8-9,11,13,16H,3-7,10H2,1-2H3. The Balaban J connectivity index is 2.38. The van der Waals surface area contributed by atoms with E-state index in [0.717, 1.165) is 18.4 Å². The van der Waals surface area contributed by atoms with Crippen LogP contribution in [-0.4, -0.2) is 17.2 Å². The summed E-state index contributed by atoms with van der Waals surface area (Å²) in [4.78, 5) is 4.09. The van der Waals surface area contributed by atoms with E-state index in [1.807, 2.05) is 12.1 Å². The Bertz CT molecular complexity index is 315. The van der Waals surface area contributed by atoms with Crippen molar-refractivity contribution >= 4 is 0 Å². The summed E-state index contributed by atoms with van der Waals surface area (Å²) in [5.74, 6) is 0.536. The molecule has 1 heterocycles. The summed E-state index contributed by atoms with van der Waals surface area (Å²) < 4.78 is 5.14. The molecule has 0 saturated heterocycles. The summed E-state index contributed by atoms with van der Waals surface area (Å²) in [6, 6.07) is 3.71. The van der Waals surface area contributed by atoms with Gasteiger partial charge in [-0.3, -0.25) is 0 Å². The maximum Gasteiger partial charge on any atom is 0.218 e. The number of pyridine rings is 1. The molecular weight excluding hydrogens is 214 g/mol. The molecular formula is C14H23NO2. The summed E-state index contributed by atoms with van der Waals surface area (Å²) in [5.41, 5.74) is 0.797. The highest BCUT2D eigenvalue weighted by atomic mass is 16.5. The number of aromatic nitrogens is 1. The third kappa shape index (κ3) is 4.73. The number of unbranched alkanes of at least 4 members (excludes halogenated alkanes) is 4. The van der Waals surface area contributed by atoms with Crippen molar-refractivity contribution < 1.29 is 9.84 Å². The van der Waals surface area contributed by atoms with Gasteiger partial charge in [0.2, 0.25) is 5.88 Å². The molecule has 0 aromatic carbocycles. The van der Waals surface area contributed by atoms with Gasteiger partial charge in [0, 0.05) is 11.8 Å². The van der Waals surface area contributed by atoms with Gasteiger partial charge in [-0.1, -0.05) is 39.0 Å². The molecule has 0 saturated carbocycles. The first-order valence-electron chi connectivity index (χ1n) is 6.46. The molecule has 3 nitrogen and oxygen atoms in total. The Kier molecular flexibility index (Phi) is 6.63. The van der Waals surface area contributed by atoms with Crippen molar-refractivity contribution in [1.29, 1.82) is 0 Å². The highest BCUT2D eigenvalue weighted by molar-refractivity contribution is 5.27. The molecule has 1 aromatic heterocycles. The van der Waals surface area contributed by atoms with Crippen LogP contribution < -0.4 is 4.74 Å². The molecule has 0 aliphatic heterocycles. The molecule has 0 aliphatic carbocycles. The van der Waals surface area contributed by atoms with Crippen LogP contribution in [0.15, 0.2) is 18.3 Å². The number of hydrogen-bond acceptors (Lipinski definition) is 3. The summed E-state index contributed by atoms with van der Waals surface area (Å²) in [6.45, 7) is 2.20. The van der Waals surface area contributed by atoms with Gasteiger partial charge >= 0.3 is 0 Å². The van der Waals surface area contributed by atoms with E-state index in [0.29, 0.717) is 5.88 Å². The number of ether oxygens (including phenoxy) is 1. The lowest BCUT2D eigenvalue weighted by Crippen LogP contribution is -2.02. The predicted molar refractivity (Wildman–Crippen MR) is 69.1 cm³/mol. The molecule has 1 rings (SSSR count). The molecule has 0 fully saturated rings. The van der Waals surface area contributed by atoms with Crippen molar-refractivity contribution in [1.82, 2.24) is 4.98 Å². The first-order chi connectivity index (χ1) is 8.29. The van der Waals surface area contributed by atoms with E-state index in [9.17, 15) is 5.11 Å². The SMILES string of the molecule is CCCCCCCC(O)c1cccnc1OC. The predicted octanol–water partition coefficient (Wildman–Crippen LogP) is 3.48. The first-order valence-corrected chi connectivity index (χ1v) is 6.46. The Morgan fingerprint density at radius 1 is 1.29 bits per heavy atom. The van der Waals surface area contributed by atoms with Gasteiger partial charge in [-0.15, -0.1) is 0 Å². The number of nitrogens with zero attached hydrogens (tertiary/aromatic N) is 1. The summed E-state index contributed by atoms with van der Waals surface area (Å²) >= 11 is 0. The maximum atomic E-state index is 10.1. The Morgan fingerprint density at radius 2 is 2.06 bits per heavy atom. The zero-order valence-corrected chi connectivity index (χ0v) is 10.9. The van der Waals surface area contributed by atoms with Gasteiger partial charge < -0.3 is 9.84 Å². The number of hydrogen-bond donors (Lipinski definition) is 1. The van der Waals surface area contributed by atoms with Gasteiger partial charge in [0.05, 0.1) is 13.2 Å². The second kappa shape index (κ2) is 8.07. The van der Waals surface area contributed by atoms with Crippen molar-refractivity contribution in [2.45, 2.75) is 51.6 Å². The van der Waals surface area contributed by atoms with E-state index in [1.165, 1.54) is 25.7 Å². The van der Waals surface area contributed by atoms with Crippen LogP contribution >= 0.6 is 0 Å². The first kappa shape index (κ1) is 14.0. The molecule has 0 aliphatic rings. The van der Waals surface area contributed by atoms with E-state index in [4.69, 9.17) is 4.74 Å². The largest absolute Gasteiger partial charge is 0.481 e. The van der Waals surface area contributed by atoms with Crippen molar-refractivity contribution in [2.24, 2.45) is 0 Å². The van der Waals surface area contributed by atoms with Crippen LogP contribution in [0.2, 0.25) is 0 Å². The van der Waals surface area contributed by atoms with Gasteiger partial charge in [0.25, 0.3) is 0 Å². The molecule has 1 atom stereocenters. The third-order valence-electron chi connectivity index (χ3n) is 2.93. The molecule has 1 N–H and O–H groups in total. The minimum absolute atomic E-state index is 0.458. The topological polar surface area (TPSA) is 42.4 Å². The molecule has 1 aromatic rings. The molecule has 96 valence electrons. The summed E-state index contributed by atoms with van der Waals surface area (Å²) in [6.07, 6.45) is 8.04. The molecule has 0 bridgehead atoms. The normalized spacial score (nSPS) is 12.4. The molecule has 0 spiro atoms. The van der Waals surface area contributed by atoms with Gasteiger partial charge in [-0.2, -0.15) is 0 Å². The number of rotatable bonds is 8. The molecule has 1 unspecified atom stereocenters. The smallest absolute Gasteiger partial charge is 0.218 e. The van der Waals surface area contributed by atoms with E-state index in [-0.39, 0.29) is 0 Å². The lowest BCUT2D eigenvalue weighted by Gasteiger charge is -2.13. The van der Waals surface area contributed by atoms with E-state index in [2.05, 4.69) is 11.9 Å². The Hall–Kier alpha value is -1.09. The Labute approximate surface area is 104 Å². The Morgan fingerprint density at radius 3 is 2.76 bits per heavy atom. The maximum absolute atomic E-state index is 10.1. The number of aliphatic hydroxyl groups is 1. The number of methoxy groups -OCH3 is 1. The van der Waals surface area contributed by atoms with Crippen molar-refractivity contribution in [2.75, 3.05) is 7.11 Å². The summed E-state index contributed by atoms with van der Waals surface area (Å²) in [5, 5.41) is 10.1. The molecule has 0 amide bonds. The number of aliphatic hydroxyl groups excluding tert-OH is 1. The van der Waals surface area contributed by atoms with E-state index < -0.39 is 6.10 Å². The van der Waals surface area contributed by atoms with Gasteiger partial charge in [0.1, 0.15) is 0 Å². The fourth-order valence-corrected chi connectivity index (χ4v) is 1.92. The van der Waals surface area contributed by atoms with Crippen molar-refractivity contribution in [3.05, 3.63) is 23.9 Å². The van der Waals surface area contributed by atoms with Crippen molar-refractivity contribution in [3.63, 3.8) is 0 Å². The van der Waals surface area contributed by atoms with Crippen LogP contribution in [0.5, 0.6) is 5.88 Å². The van der Waals surface area contributed by atoms with Crippen LogP contribution in [0.1, 0.15) is 57.1 Å². The van der Waals surface area contributed by atoms with Crippen LogP contribution in [0.3, 0.4) is 0 Å². The molecule has 0 radical (unpaired) electrons. The third-order valence-corrected chi connectivity index (χ3v) is 2.93. The summed E-state index contributed by atoms with van der Waals surface area (Å²) in [7, 11) is 1.58. The minimum atomic E-state index is -0.458. The fourth-order valence-electron chi connectivity index (χ4n) is 1.92. The lowest BCUT2D eigenvalue weighted by atomic mass is 10.0. The average Bonchev–Trinajstić information content (AvgIpc) is 2.38. The average molecular weight is 237 g/mol. The van der Waals surface area contributed by atoms with Gasteiger partial charge in [0.15, 0.2) is 0 Å². The second-order valence-electron chi connectivity index (χ2n) is 4.32. The quantitative estimate of drug-likeness (QED) is 0.704. The van der Waals surface area contributed by atoms with Crippen LogP contribution in [0.25, 0.3) is 0 Å². The zero-order valence-electron chi connectivity index (χ0n) is 10.9. The lowest BCUT2D eigenvalue weighted by molar-refractivity contribution is 0.158. The van der Waals surface area contributed by atoms with Crippen LogP contribution in [0.4, 0.5) is 0 Å². The van der Waals surface area contributed by atoms with Crippen molar-refractivity contribution in [3.8, 4) is 5.88 Å². The molecule has 17 heavy (non-hydrogen) atoms. The van der Waals surface area contributed by atoms with Gasteiger partial charge in [-0.25, -0.2) is 4.98 Å². The van der Waals surface area contributed by atoms with Gasteiger partial charge in [-0.05, 0) is 18.6 Å². The molecule has 3 heteroatoms. The fraction of sp³-hybridized carbons (Fsp3) is 0.643. The zero-order chi connectivity index (χ0) is 12.5. The van der Waals surface area contributed by atoms with Crippen LogP contribution in [-0.2, 0) is 0 Å². The van der Waals surface area contributed by atoms with Crippen LogP contribution in [0, 0.1) is 0 Å². The monoisotopic (exact) mass is 237 g/mol. The van der Waals surface area contributed by atoms with E-state index in [1.54, 1.807) is 13.3 Å². The highest BCUT2D eigenvalue weighted by Gasteiger charge is 2.13.